The van der Waals surface area contributed by atoms with E-state index in [1.165, 1.54) is 11.1 Å². The van der Waals surface area contributed by atoms with Gasteiger partial charge in [0.25, 0.3) is 0 Å². The number of halogens is 1. The molecule has 0 saturated carbocycles. The van der Waals surface area contributed by atoms with Crippen molar-refractivity contribution in [3.8, 4) is 11.8 Å². The zero-order chi connectivity index (χ0) is 12.4. The standard InChI is InChI=1S/C13H12BrN3/c1-9-3-4-11(7-10(9)2)17-8-12(14)13(16-17)5-6-15/h3-4,7-8H,5H2,1-2H3. The molecule has 0 radical (unpaired) electrons. The Kier molecular flexibility index (Phi) is 3.30. The van der Waals surface area contributed by atoms with Gasteiger partial charge in [-0.25, -0.2) is 4.68 Å². The first-order valence-corrected chi connectivity index (χ1v) is 6.09. The smallest absolute Gasteiger partial charge is 0.0911 e. The van der Waals surface area contributed by atoms with E-state index in [1.807, 2.05) is 12.3 Å². The van der Waals surface area contributed by atoms with Gasteiger partial charge in [-0.3, -0.25) is 0 Å². The largest absolute Gasteiger partial charge is 0.239 e. The minimum Gasteiger partial charge on any atom is -0.239 e. The van der Waals surface area contributed by atoms with E-state index in [2.05, 4.69) is 53.1 Å². The summed E-state index contributed by atoms with van der Waals surface area (Å²) < 4.78 is 2.67. The van der Waals surface area contributed by atoms with Crippen LogP contribution in [-0.2, 0) is 6.42 Å². The van der Waals surface area contributed by atoms with E-state index in [0.29, 0.717) is 6.42 Å². The summed E-state index contributed by atoms with van der Waals surface area (Å²) in [7, 11) is 0. The van der Waals surface area contributed by atoms with Crippen LogP contribution in [0.15, 0.2) is 28.9 Å². The molecule has 0 unspecified atom stereocenters. The molecule has 1 aromatic carbocycles. The van der Waals surface area contributed by atoms with Crippen LogP contribution in [0.4, 0.5) is 0 Å². The number of aryl methyl sites for hydroxylation is 2. The molecular formula is C13H12BrN3. The highest BCUT2D eigenvalue weighted by Gasteiger charge is 2.07. The molecule has 0 bridgehead atoms. The topological polar surface area (TPSA) is 41.6 Å². The van der Waals surface area contributed by atoms with Crippen LogP contribution in [0.25, 0.3) is 5.69 Å². The van der Waals surface area contributed by atoms with E-state index in [0.717, 1.165) is 15.9 Å². The van der Waals surface area contributed by atoms with Gasteiger partial charge in [0.05, 0.1) is 28.3 Å². The SMILES string of the molecule is Cc1ccc(-n2cc(Br)c(CC#N)n2)cc1C. The van der Waals surface area contributed by atoms with Crippen molar-refractivity contribution in [2.24, 2.45) is 0 Å². The molecule has 0 atom stereocenters. The molecule has 0 spiro atoms. The summed E-state index contributed by atoms with van der Waals surface area (Å²) in [6.45, 7) is 4.16. The second-order valence-electron chi connectivity index (χ2n) is 3.97. The van der Waals surface area contributed by atoms with Gasteiger partial charge >= 0.3 is 0 Å². The van der Waals surface area contributed by atoms with Crippen LogP contribution in [0.3, 0.4) is 0 Å². The third-order valence-electron chi connectivity index (χ3n) is 2.74. The molecule has 0 amide bonds. The molecule has 1 aromatic heterocycles. The molecule has 86 valence electrons. The zero-order valence-electron chi connectivity index (χ0n) is 9.74. The fourth-order valence-electron chi connectivity index (χ4n) is 1.58. The number of nitrogens with zero attached hydrogens (tertiary/aromatic N) is 3. The molecule has 0 aliphatic carbocycles. The molecule has 0 aliphatic heterocycles. The third kappa shape index (κ3) is 2.40. The van der Waals surface area contributed by atoms with Gasteiger partial charge in [-0.15, -0.1) is 0 Å². The lowest BCUT2D eigenvalue weighted by Crippen LogP contribution is -1.97. The van der Waals surface area contributed by atoms with E-state index in [-0.39, 0.29) is 0 Å². The lowest BCUT2D eigenvalue weighted by Gasteiger charge is -2.04. The monoisotopic (exact) mass is 289 g/mol. The minimum atomic E-state index is 0.318. The maximum atomic E-state index is 8.68. The molecule has 1 heterocycles. The fourth-order valence-corrected chi connectivity index (χ4v) is 2.00. The van der Waals surface area contributed by atoms with Crippen molar-refractivity contribution in [1.82, 2.24) is 9.78 Å². The molecule has 0 aliphatic rings. The van der Waals surface area contributed by atoms with Crippen LogP contribution in [0.2, 0.25) is 0 Å². The zero-order valence-corrected chi connectivity index (χ0v) is 11.3. The van der Waals surface area contributed by atoms with Crippen molar-refractivity contribution < 1.29 is 0 Å². The number of benzene rings is 1. The van der Waals surface area contributed by atoms with E-state index >= 15 is 0 Å². The minimum absolute atomic E-state index is 0.318. The lowest BCUT2D eigenvalue weighted by molar-refractivity contribution is 0.851. The van der Waals surface area contributed by atoms with Gasteiger partial charge in [0.15, 0.2) is 0 Å². The van der Waals surface area contributed by atoms with E-state index in [4.69, 9.17) is 5.26 Å². The quantitative estimate of drug-likeness (QED) is 0.851. The predicted octanol–water partition coefficient (Wildman–Crippen LogP) is 3.32. The number of nitriles is 1. The van der Waals surface area contributed by atoms with Crippen molar-refractivity contribution >= 4 is 15.9 Å². The Morgan fingerprint density at radius 1 is 1.35 bits per heavy atom. The average molecular weight is 290 g/mol. The summed E-state index contributed by atoms with van der Waals surface area (Å²) in [5.74, 6) is 0. The summed E-state index contributed by atoms with van der Waals surface area (Å²) in [6, 6.07) is 8.29. The summed E-state index contributed by atoms with van der Waals surface area (Å²) in [6.07, 6.45) is 2.20. The molecule has 2 rings (SSSR count). The van der Waals surface area contributed by atoms with Crippen molar-refractivity contribution in [2.75, 3.05) is 0 Å². The van der Waals surface area contributed by atoms with Crippen molar-refractivity contribution in [2.45, 2.75) is 20.3 Å². The van der Waals surface area contributed by atoms with Gasteiger partial charge in [-0.2, -0.15) is 10.4 Å². The second kappa shape index (κ2) is 4.72. The van der Waals surface area contributed by atoms with Gasteiger partial charge in [0.1, 0.15) is 0 Å². The first-order chi connectivity index (χ1) is 8.11. The fraction of sp³-hybridized carbons (Fsp3) is 0.231. The second-order valence-corrected chi connectivity index (χ2v) is 4.83. The van der Waals surface area contributed by atoms with E-state index < -0.39 is 0 Å². The summed E-state index contributed by atoms with van der Waals surface area (Å²) in [4.78, 5) is 0. The van der Waals surface area contributed by atoms with Crippen molar-refractivity contribution in [3.05, 3.63) is 45.7 Å². The summed E-state index contributed by atoms with van der Waals surface area (Å²) in [5.41, 5.74) is 4.27. The van der Waals surface area contributed by atoms with Crippen LogP contribution in [0, 0.1) is 25.2 Å². The highest BCUT2D eigenvalue weighted by molar-refractivity contribution is 9.10. The Balaban J connectivity index is 2.43. The van der Waals surface area contributed by atoms with E-state index in [9.17, 15) is 0 Å². The molecule has 17 heavy (non-hydrogen) atoms. The Bertz CT molecular complexity index is 593. The van der Waals surface area contributed by atoms with Crippen LogP contribution in [0.5, 0.6) is 0 Å². The third-order valence-corrected chi connectivity index (χ3v) is 3.40. The molecular weight excluding hydrogens is 278 g/mol. The van der Waals surface area contributed by atoms with Crippen molar-refractivity contribution in [3.63, 3.8) is 0 Å². The van der Waals surface area contributed by atoms with E-state index in [1.54, 1.807) is 4.68 Å². The van der Waals surface area contributed by atoms with Crippen LogP contribution in [0.1, 0.15) is 16.8 Å². The lowest BCUT2D eigenvalue weighted by atomic mass is 10.1. The Hall–Kier alpha value is -1.60. The number of aromatic nitrogens is 2. The maximum Gasteiger partial charge on any atom is 0.0911 e. The first-order valence-electron chi connectivity index (χ1n) is 5.30. The molecule has 4 heteroatoms. The Morgan fingerprint density at radius 2 is 2.12 bits per heavy atom. The van der Waals surface area contributed by atoms with Crippen LogP contribution in [-0.4, -0.2) is 9.78 Å². The highest BCUT2D eigenvalue weighted by atomic mass is 79.9. The maximum absolute atomic E-state index is 8.68. The van der Waals surface area contributed by atoms with Gasteiger partial charge in [-0.05, 0) is 53.0 Å². The predicted molar refractivity (Wildman–Crippen MR) is 70.1 cm³/mol. The van der Waals surface area contributed by atoms with Crippen LogP contribution < -0.4 is 0 Å². The Labute approximate surface area is 109 Å². The number of hydrogen-bond donors (Lipinski definition) is 0. The van der Waals surface area contributed by atoms with Gasteiger partial charge in [0.2, 0.25) is 0 Å². The Morgan fingerprint density at radius 3 is 2.76 bits per heavy atom. The molecule has 0 fully saturated rings. The van der Waals surface area contributed by atoms with Gasteiger partial charge < -0.3 is 0 Å². The molecule has 2 aromatic rings. The number of hydrogen-bond acceptors (Lipinski definition) is 2. The summed E-state index contributed by atoms with van der Waals surface area (Å²) in [5, 5.41) is 13.1. The van der Waals surface area contributed by atoms with Crippen LogP contribution >= 0.6 is 15.9 Å². The normalized spacial score (nSPS) is 10.2. The van der Waals surface area contributed by atoms with Crippen molar-refractivity contribution in [1.29, 1.82) is 5.26 Å². The van der Waals surface area contributed by atoms with Gasteiger partial charge in [0, 0.05) is 6.20 Å². The molecule has 3 nitrogen and oxygen atoms in total. The number of rotatable bonds is 2. The first kappa shape index (κ1) is 11.9. The molecule has 0 saturated heterocycles. The molecule has 0 N–H and O–H groups in total. The average Bonchev–Trinajstić information content (AvgIpc) is 2.65. The summed E-state index contributed by atoms with van der Waals surface area (Å²) >= 11 is 3.41. The highest BCUT2D eigenvalue weighted by Crippen LogP contribution is 2.19. The van der Waals surface area contributed by atoms with Gasteiger partial charge in [-0.1, -0.05) is 6.07 Å².